The van der Waals surface area contributed by atoms with Gasteiger partial charge in [-0.25, -0.2) is 4.98 Å². The van der Waals surface area contributed by atoms with Crippen LogP contribution in [0.2, 0.25) is 0 Å². The molecular formula is C10H14N4O3. The Morgan fingerprint density at radius 3 is 2.24 bits per heavy atom. The lowest BCUT2D eigenvalue weighted by Gasteiger charge is -2.17. The molecule has 0 atom stereocenters. The van der Waals surface area contributed by atoms with Gasteiger partial charge < -0.3 is 5.11 Å². The Morgan fingerprint density at radius 1 is 1.18 bits per heavy atom. The number of aryl methyl sites for hydroxylation is 2. The van der Waals surface area contributed by atoms with E-state index in [0.29, 0.717) is 11.4 Å². The molecule has 1 heterocycles. The highest BCUT2D eigenvalue weighted by Crippen LogP contribution is 2.17. The summed E-state index contributed by atoms with van der Waals surface area (Å²) in [5, 5.41) is 18.6. The predicted octanol–water partition coefficient (Wildman–Crippen LogP) is 0.538. The van der Waals surface area contributed by atoms with Crippen molar-refractivity contribution in [3.8, 4) is 0 Å². The van der Waals surface area contributed by atoms with E-state index in [1.165, 1.54) is 13.8 Å². The third-order valence-corrected chi connectivity index (χ3v) is 2.42. The third kappa shape index (κ3) is 2.74. The maximum atomic E-state index is 11.7. The quantitative estimate of drug-likeness (QED) is 0.744. The molecule has 7 nitrogen and oxygen atoms in total. The molecule has 0 bridgehead atoms. The van der Waals surface area contributed by atoms with Crippen LogP contribution >= 0.6 is 0 Å². The number of amides is 1. The maximum absolute atomic E-state index is 11.7. The number of carboxylic acids is 1. The summed E-state index contributed by atoms with van der Waals surface area (Å²) in [5.74, 6) is -1.89. The fourth-order valence-corrected chi connectivity index (χ4v) is 0.865. The van der Waals surface area contributed by atoms with Gasteiger partial charge in [0.05, 0.1) is 11.4 Å². The molecule has 0 saturated carbocycles. The molecule has 1 rings (SSSR count). The molecule has 92 valence electrons. The van der Waals surface area contributed by atoms with Gasteiger partial charge in [0.25, 0.3) is 0 Å². The Hall–Kier alpha value is -2.05. The van der Waals surface area contributed by atoms with Crippen LogP contribution in [-0.2, 0) is 9.59 Å². The van der Waals surface area contributed by atoms with Crippen LogP contribution in [0.1, 0.15) is 25.2 Å². The van der Waals surface area contributed by atoms with Gasteiger partial charge in [-0.05, 0) is 27.7 Å². The number of aliphatic carboxylic acids is 1. The molecule has 2 N–H and O–H groups in total. The molecule has 0 aliphatic rings. The minimum atomic E-state index is -1.54. The minimum Gasteiger partial charge on any atom is -0.480 e. The van der Waals surface area contributed by atoms with E-state index in [0.717, 1.165) is 0 Å². The van der Waals surface area contributed by atoms with Crippen molar-refractivity contribution in [1.29, 1.82) is 0 Å². The van der Waals surface area contributed by atoms with Crippen LogP contribution in [0, 0.1) is 19.3 Å². The topological polar surface area (TPSA) is 105 Å². The Labute approximate surface area is 98.3 Å². The molecule has 1 aromatic rings. The van der Waals surface area contributed by atoms with Crippen molar-refractivity contribution in [2.24, 2.45) is 5.41 Å². The van der Waals surface area contributed by atoms with E-state index in [1.807, 2.05) is 0 Å². The average Bonchev–Trinajstić information content (AvgIpc) is 2.23. The largest absolute Gasteiger partial charge is 0.480 e. The van der Waals surface area contributed by atoms with Gasteiger partial charge in [-0.3, -0.25) is 14.9 Å². The van der Waals surface area contributed by atoms with Crippen LogP contribution in [0.4, 0.5) is 5.95 Å². The van der Waals surface area contributed by atoms with Gasteiger partial charge in [0.1, 0.15) is 5.41 Å². The molecule has 0 aromatic carbocycles. The molecule has 0 radical (unpaired) electrons. The highest BCUT2D eigenvalue weighted by molar-refractivity contribution is 6.06. The summed E-state index contributed by atoms with van der Waals surface area (Å²) in [7, 11) is 0. The molecule has 0 unspecified atom stereocenters. The van der Waals surface area contributed by atoms with Gasteiger partial charge in [-0.15, -0.1) is 5.10 Å². The third-order valence-electron chi connectivity index (χ3n) is 2.42. The van der Waals surface area contributed by atoms with Crippen molar-refractivity contribution in [2.75, 3.05) is 5.32 Å². The summed E-state index contributed by atoms with van der Waals surface area (Å²) < 4.78 is 0. The van der Waals surface area contributed by atoms with Crippen molar-refractivity contribution >= 4 is 17.8 Å². The number of carbonyl (C=O) groups excluding carboxylic acids is 1. The smallest absolute Gasteiger partial charge is 0.318 e. The monoisotopic (exact) mass is 238 g/mol. The van der Waals surface area contributed by atoms with Crippen LogP contribution in [0.5, 0.6) is 0 Å². The van der Waals surface area contributed by atoms with E-state index < -0.39 is 17.3 Å². The zero-order valence-corrected chi connectivity index (χ0v) is 10.1. The van der Waals surface area contributed by atoms with Crippen molar-refractivity contribution in [3.63, 3.8) is 0 Å². The zero-order chi connectivity index (χ0) is 13.2. The first-order valence-corrected chi connectivity index (χ1v) is 4.98. The van der Waals surface area contributed by atoms with E-state index in [-0.39, 0.29) is 5.95 Å². The second-order valence-electron chi connectivity index (χ2n) is 4.19. The van der Waals surface area contributed by atoms with Crippen molar-refractivity contribution in [3.05, 3.63) is 11.4 Å². The van der Waals surface area contributed by atoms with Crippen LogP contribution in [-0.4, -0.2) is 32.2 Å². The lowest BCUT2D eigenvalue weighted by Crippen LogP contribution is -2.38. The first kappa shape index (κ1) is 13.0. The normalized spacial score (nSPS) is 11.1. The number of hydrogen-bond acceptors (Lipinski definition) is 5. The van der Waals surface area contributed by atoms with Crippen molar-refractivity contribution in [1.82, 2.24) is 15.2 Å². The first-order valence-electron chi connectivity index (χ1n) is 4.98. The molecule has 0 fully saturated rings. The molecule has 0 spiro atoms. The van der Waals surface area contributed by atoms with Crippen LogP contribution < -0.4 is 5.32 Å². The van der Waals surface area contributed by atoms with E-state index in [4.69, 9.17) is 5.11 Å². The standard InChI is InChI=1S/C10H14N4O3/c1-5-6(2)13-14-9(11-5)12-7(15)10(3,4)8(16)17/h1-4H3,(H,16,17)(H,11,12,14,15). The second kappa shape index (κ2) is 4.44. The van der Waals surface area contributed by atoms with Gasteiger partial charge in [-0.2, -0.15) is 5.10 Å². The van der Waals surface area contributed by atoms with Gasteiger partial charge in [-0.1, -0.05) is 0 Å². The Bertz CT molecular complexity index is 471. The van der Waals surface area contributed by atoms with Gasteiger partial charge in [0.2, 0.25) is 11.9 Å². The lowest BCUT2D eigenvalue weighted by molar-refractivity contribution is -0.151. The highest BCUT2D eigenvalue weighted by atomic mass is 16.4. The fraction of sp³-hybridized carbons (Fsp3) is 0.500. The number of aromatic nitrogens is 3. The minimum absolute atomic E-state index is 0.00688. The number of hydrogen-bond donors (Lipinski definition) is 2. The Kier molecular flexibility index (Phi) is 3.40. The van der Waals surface area contributed by atoms with E-state index >= 15 is 0 Å². The van der Waals surface area contributed by atoms with Crippen LogP contribution in [0.15, 0.2) is 0 Å². The van der Waals surface area contributed by atoms with Crippen molar-refractivity contribution < 1.29 is 14.7 Å². The van der Waals surface area contributed by atoms with E-state index in [2.05, 4.69) is 20.5 Å². The number of rotatable bonds is 3. The average molecular weight is 238 g/mol. The number of carboxylic acid groups (broad SMARTS) is 1. The van der Waals surface area contributed by atoms with Gasteiger partial charge in [0, 0.05) is 0 Å². The summed E-state index contributed by atoms with van der Waals surface area (Å²) in [6.07, 6.45) is 0. The Morgan fingerprint density at radius 2 is 1.76 bits per heavy atom. The SMILES string of the molecule is Cc1nnc(NC(=O)C(C)(C)C(=O)O)nc1C. The van der Waals surface area contributed by atoms with Crippen LogP contribution in [0.3, 0.4) is 0 Å². The maximum Gasteiger partial charge on any atom is 0.318 e. The van der Waals surface area contributed by atoms with E-state index in [1.54, 1.807) is 13.8 Å². The summed E-state index contributed by atoms with van der Waals surface area (Å²) in [6.45, 7) is 6.07. The molecule has 0 aliphatic carbocycles. The summed E-state index contributed by atoms with van der Waals surface area (Å²) in [5.41, 5.74) is -0.258. The number of nitrogens with one attached hydrogen (secondary N) is 1. The molecule has 0 aliphatic heterocycles. The molecular weight excluding hydrogens is 224 g/mol. The molecule has 7 heteroatoms. The first-order chi connectivity index (χ1) is 7.75. The summed E-state index contributed by atoms with van der Waals surface area (Å²) >= 11 is 0. The lowest BCUT2D eigenvalue weighted by atomic mass is 9.93. The Balaban J connectivity index is 2.89. The van der Waals surface area contributed by atoms with Gasteiger partial charge in [0.15, 0.2) is 0 Å². The number of anilines is 1. The van der Waals surface area contributed by atoms with Gasteiger partial charge >= 0.3 is 5.97 Å². The number of carbonyl (C=O) groups is 2. The van der Waals surface area contributed by atoms with Crippen LogP contribution in [0.25, 0.3) is 0 Å². The molecule has 1 aromatic heterocycles. The predicted molar refractivity (Wildman–Crippen MR) is 59.3 cm³/mol. The fourth-order valence-electron chi connectivity index (χ4n) is 0.865. The molecule has 1 amide bonds. The van der Waals surface area contributed by atoms with E-state index in [9.17, 15) is 9.59 Å². The van der Waals surface area contributed by atoms with Crippen molar-refractivity contribution in [2.45, 2.75) is 27.7 Å². The molecule has 0 saturated heterocycles. The highest BCUT2D eigenvalue weighted by Gasteiger charge is 2.36. The molecule has 17 heavy (non-hydrogen) atoms. The second-order valence-corrected chi connectivity index (χ2v) is 4.19. The zero-order valence-electron chi connectivity index (χ0n) is 10.1. The summed E-state index contributed by atoms with van der Waals surface area (Å²) in [4.78, 5) is 26.5. The summed E-state index contributed by atoms with van der Waals surface area (Å²) in [6, 6.07) is 0. The number of nitrogens with zero attached hydrogens (tertiary/aromatic N) is 3.